The highest BCUT2D eigenvalue weighted by molar-refractivity contribution is 6.12. The van der Waals surface area contributed by atoms with Gasteiger partial charge in [0.15, 0.2) is 0 Å². The first-order valence-corrected chi connectivity index (χ1v) is 11.6. The molecule has 0 radical (unpaired) electrons. The summed E-state index contributed by atoms with van der Waals surface area (Å²) in [5.41, 5.74) is 4.08. The van der Waals surface area contributed by atoms with Crippen LogP contribution in [0.25, 0.3) is 0 Å². The second-order valence-electron chi connectivity index (χ2n) is 9.22. The molecule has 6 heteroatoms. The van der Waals surface area contributed by atoms with Crippen LogP contribution in [0.5, 0.6) is 0 Å². The molecule has 3 aromatic rings. The van der Waals surface area contributed by atoms with Crippen LogP contribution in [0.3, 0.4) is 0 Å². The van der Waals surface area contributed by atoms with Crippen molar-refractivity contribution >= 4 is 11.8 Å². The summed E-state index contributed by atoms with van der Waals surface area (Å²) in [6.07, 6.45) is -0.346. The molecule has 1 aliphatic rings. The van der Waals surface area contributed by atoms with Gasteiger partial charge in [0.2, 0.25) is 0 Å². The van der Waals surface area contributed by atoms with Gasteiger partial charge in [-0.1, -0.05) is 66.7 Å². The fourth-order valence-corrected chi connectivity index (χ4v) is 3.86. The summed E-state index contributed by atoms with van der Waals surface area (Å²) in [6, 6.07) is 25.9. The summed E-state index contributed by atoms with van der Waals surface area (Å²) in [7, 11) is 0. The lowest BCUT2D eigenvalue weighted by atomic mass is 10.0. The van der Waals surface area contributed by atoms with Crippen LogP contribution in [0.1, 0.15) is 49.3 Å². The summed E-state index contributed by atoms with van der Waals surface area (Å²) in [5, 5.41) is 0. The summed E-state index contributed by atoms with van der Waals surface area (Å²) < 4.78 is 11.3. The van der Waals surface area contributed by atoms with E-state index in [1.807, 2.05) is 75.4 Å². The second kappa shape index (κ2) is 10.6. The summed E-state index contributed by atoms with van der Waals surface area (Å²) >= 11 is 0. The smallest absolute Gasteiger partial charge is 0.411 e. The number of carbonyl (C=O) groups excluding carboxylic acids is 1. The van der Waals surface area contributed by atoms with E-state index in [9.17, 15) is 4.79 Å². The summed E-state index contributed by atoms with van der Waals surface area (Å²) in [5.74, 6) is 0. The number of nitrogens with zero attached hydrogens (tertiary/aromatic N) is 3. The maximum atomic E-state index is 12.8. The number of pyridine rings is 1. The molecular formula is C28H31N3O3. The van der Waals surface area contributed by atoms with Gasteiger partial charge in [-0.2, -0.15) is 0 Å². The number of benzene rings is 2. The zero-order valence-corrected chi connectivity index (χ0v) is 20.0. The Balaban J connectivity index is 1.59. The Morgan fingerprint density at radius 2 is 1.65 bits per heavy atom. The number of aromatic nitrogens is 1. The number of hydrogen-bond acceptors (Lipinski definition) is 5. The maximum absolute atomic E-state index is 12.8. The van der Waals surface area contributed by atoms with Crippen molar-refractivity contribution in [1.82, 2.24) is 9.88 Å². The van der Waals surface area contributed by atoms with E-state index in [4.69, 9.17) is 19.5 Å². The van der Waals surface area contributed by atoms with Crippen LogP contribution < -0.4 is 0 Å². The largest absolute Gasteiger partial charge is 0.444 e. The van der Waals surface area contributed by atoms with Crippen molar-refractivity contribution in [2.24, 2.45) is 4.99 Å². The second-order valence-corrected chi connectivity index (χ2v) is 9.22. The predicted octanol–water partition coefficient (Wildman–Crippen LogP) is 5.43. The molecule has 1 amide bonds. The fourth-order valence-electron chi connectivity index (χ4n) is 3.86. The normalized spacial score (nSPS) is 16.1. The number of ether oxygens (including phenoxy) is 2. The van der Waals surface area contributed by atoms with Crippen molar-refractivity contribution in [1.29, 1.82) is 0 Å². The molecule has 1 fully saturated rings. The average Bonchev–Trinajstić information content (AvgIpc) is 2.85. The Kier molecular flexibility index (Phi) is 7.38. The third kappa shape index (κ3) is 6.08. The van der Waals surface area contributed by atoms with E-state index >= 15 is 0 Å². The molecule has 1 unspecified atom stereocenters. The van der Waals surface area contributed by atoms with Gasteiger partial charge < -0.3 is 9.47 Å². The van der Waals surface area contributed by atoms with E-state index in [2.05, 4.69) is 24.3 Å². The molecule has 0 bridgehead atoms. The molecule has 2 aromatic carbocycles. The topological polar surface area (TPSA) is 64.0 Å². The Hall–Kier alpha value is -3.51. The van der Waals surface area contributed by atoms with Gasteiger partial charge in [0, 0.05) is 17.7 Å². The number of carbonyl (C=O) groups is 1. The molecule has 0 aliphatic carbocycles. The Morgan fingerprint density at radius 3 is 2.26 bits per heavy atom. The van der Waals surface area contributed by atoms with Crippen molar-refractivity contribution in [2.45, 2.75) is 39.0 Å². The van der Waals surface area contributed by atoms with Gasteiger partial charge in [-0.05, 0) is 32.9 Å². The number of amides is 1. The van der Waals surface area contributed by atoms with Crippen molar-refractivity contribution in [2.75, 3.05) is 19.8 Å². The Bertz CT molecular complexity index is 1080. The van der Waals surface area contributed by atoms with Gasteiger partial charge in [0.1, 0.15) is 11.6 Å². The first-order chi connectivity index (χ1) is 16.4. The zero-order valence-electron chi connectivity index (χ0n) is 20.0. The molecule has 0 spiro atoms. The van der Waals surface area contributed by atoms with Crippen LogP contribution in [0.2, 0.25) is 0 Å². The minimum Gasteiger partial charge on any atom is -0.444 e. The highest BCUT2D eigenvalue weighted by Gasteiger charge is 2.32. The van der Waals surface area contributed by atoms with E-state index in [1.165, 1.54) is 0 Å². The summed E-state index contributed by atoms with van der Waals surface area (Å²) in [6.45, 7) is 7.37. The van der Waals surface area contributed by atoms with Gasteiger partial charge in [0.25, 0.3) is 0 Å². The first-order valence-electron chi connectivity index (χ1n) is 11.6. The van der Waals surface area contributed by atoms with Crippen LogP contribution in [0, 0.1) is 0 Å². The lowest BCUT2D eigenvalue weighted by Gasteiger charge is -2.36. The maximum Gasteiger partial charge on any atom is 0.411 e. The minimum atomic E-state index is -0.560. The number of aliphatic imine (C=N–C) groups is 1. The van der Waals surface area contributed by atoms with Gasteiger partial charge in [0.05, 0.1) is 36.9 Å². The molecule has 1 aromatic heterocycles. The van der Waals surface area contributed by atoms with Crippen LogP contribution in [-0.4, -0.2) is 47.0 Å². The molecule has 2 heterocycles. The lowest BCUT2D eigenvalue weighted by Crippen LogP contribution is -2.46. The SMILES string of the molecule is CC(C)(C)OC(=O)N1CCOCC1c1cccc(CN=C(c2ccccc2)c2ccccc2)n1. The minimum absolute atomic E-state index is 0.296. The molecule has 0 saturated carbocycles. The first kappa shape index (κ1) is 23.6. The standard InChI is InChI=1S/C28H31N3O3/c1-28(2,3)34-27(32)31-17-18-33-20-25(31)24-16-10-15-23(30-24)19-29-26(21-11-6-4-7-12-21)22-13-8-5-9-14-22/h4-16,25H,17-20H2,1-3H3. The van der Waals surface area contributed by atoms with Crippen molar-refractivity contribution < 1.29 is 14.3 Å². The molecule has 176 valence electrons. The van der Waals surface area contributed by atoms with Crippen LogP contribution >= 0.6 is 0 Å². The van der Waals surface area contributed by atoms with Gasteiger partial charge in [-0.15, -0.1) is 0 Å². The van der Waals surface area contributed by atoms with Crippen molar-refractivity contribution in [3.63, 3.8) is 0 Å². The van der Waals surface area contributed by atoms with Crippen molar-refractivity contribution in [3.05, 3.63) is 101 Å². The molecule has 6 nitrogen and oxygen atoms in total. The highest BCUT2D eigenvalue weighted by Crippen LogP contribution is 2.25. The zero-order chi connectivity index (χ0) is 24.0. The molecule has 1 aliphatic heterocycles. The van der Waals surface area contributed by atoms with Crippen molar-refractivity contribution in [3.8, 4) is 0 Å². The summed E-state index contributed by atoms with van der Waals surface area (Å²) in [4.78, 5) is 24.3. The Labute approximate surface area is 201 Å². The van der Waals surface area contributed by atoms with E-state index in [0.717, 1.165) is 28.2 Å². The Morgan fingerprint density at radius 1 is 1.00 bits per heavy atom. The molecular weight excluding hydrogens is 426 g/mol. The number of rotatable bonds is 5. The van der Waals surface area contributed by atoms with Gasteiger partial charge in [-0.25, -0.2) is 4.79 Å². The highest BCUT2D eigenvalue weighted by atomic mass is 16.6. The molecule has 34 heavy (non-hydrogen) atoms. The van der Waals surface area contributed by atoms with E-state index < -0.39 is 5.60 Å². The number of morpholine rings is 1. The van der Waals surface area contributed by atoms with Crippen LogP contribution in [0.15, 0.2) is 83.9 Å². The van der Waals surface area contributed by atoms with Crippen LogP contribution in [-0.2, 0) is 16.0 Å². The van der Waals surface area contributed by atoms with Gasteiger partial charge in [-0.3, -0.25) is 14.9 Å². The molecule has 4 rings (SSSR count). The lowest BCUT2D eigenvalue weighted by molar-refractivity contribution is -0.0341. The monoisotopic (exact) mass is 457 g/mol. The molecule has 1 atom stereocenters. The van der Waals surface area contributed by atoms with E-state index in [0.29, 0.717) is 26.3 Å². The van der Waals surface area contributed by atoms with Crippen LogP contribution in [0.4, 0.5) is 4.79 Å². The third-order valence-corrected chi connectivity index (χ3v) is 5.42. The van der Waals surface area contributed by atoms with E-state index in [-0.39, 0.29) is 12.1 Å². The molecule has 1 saturated heterocycles. The molecule has 0 N–H and O–H groups in total. The van der Waals surface area contributed by atoms with E-state index in [1.54, 1.807) is 4.90 Å². The fraction of sp³-hybridized carbons (Fsp3) is 0.321. The third-order valence-electron chi connectivity index (χ3n) is 5.42. The number of hydrogen-bond donors (Lipinski definition) is 0. The quantitative estimate of drug-likeness (QED) is 0.480. The predicted molar refractivity (Wildman–Crippen MR) is 133 cm³/mol. The average molecular weight is 458 g/mol. The van der Waals surface area contributed by atoms with Gasteiger partial charge >= 0.3 is 6.09 Å².